The Morgan fingerprint density at radius 1 is 1.17 bits per heavy atom. The van der Waals surface area contributed by atoms with E-state index in [1.165, 1.54) is 25.3 Å². The molecule has 24 heavy (non-hydrogen) atoms. The Labute approximate surface area is 140 Å². The summed E-state index contributed by atoms with van der Waals surface area (Å²) in [5.41, 5.74) is 0.928. The molecule has 1 amide bonds. The molecule has 2 N–H and O–H groups in total. The van der Waals surface area contributed by atoms with Gasteiger partial charge in [-0.2, -0.15) is 0 Å². The number of anilines is 1. The summed E-state index contributed by atoms with van der Waals surface area (Å²) in [4.78, 5) is 13.0. The van der Waals surface area contributed by atoms with Gasteiger partial charge in [0.25, 0.3) is 5.91 Å². The highest BCUT2D eigenvalue weighted by molar-refractivity contribution is 5.91. The molecule has 0 bridgehead atoms. The third-order valence-electron chi connectivity index (χ3n) is 3.73. The van der Waals surface area contributed by atoms with Crippen molar-refractivity contribution in [3.63, 3.8) is 0 Å². The van der Waals surface area contributed by atoms with Gasteiger partial charge in [0.15, 0.2) is 18.1 Å². The van der Waals surface area contributed by atoms with Gasteiger partial charge in [0, 0.05) is 5.56 Å². The number of carbonyl (C=O) groups is 1. The zero-order valence-corrected chi connectivity index (χ0v) is 13.7. The summed E-state index contributed by atoms with van der Waals surface area (Å²) in [5, 5.41) is 2.56. The first-order valence-electron chi connectivity index (χ1n) is 7.73. The molecule has 2 aromatic rings. The molecule has 0 aliphatic heterocycles. The number of methoxy groups -OCH3 is 1. The fourth-order valence-electron chi connectivity index (χ4n) is 2.41. The first-order valence-corrected chi connectivity index (χ1v) is 7.73. The number of halogens is 2. The number of benzene rings is 2. The Kier molecular flexibility index (Phi) is 6.26. The van der Waals surface area contributed by atoms with Crippen molar-refractivity contribution < 1.29 is 23.2 Å². The van der Waals surface area contributed by atoms with Crippen LogP contribution in [0.4, 0.5) is 14.5 Å². The molecule has 0 aliphatic rings. The lowest BCUT2D eigenvalue weighted by Gasteiger charge is -2.18. The van der Waals surface area contributed by atoms with Crippen LogP contribution in [-0.2, 0) is 11.3 Å². The predicted molar refractivity (Wildman–Crippen MR) is 88.1 cm³/mol. The summed E-state index contributed by atoms with van der Waals surface area (Å²) in [6.45, 7) is 3.27. The normalized spacial score (nSPS) is 11.8. The summed E-state index contributed by atoms with van der Waals surface area (Å²) in [5.74, 6) is -0.998. The first kappa shape index (κ1) is 17.9. The molecule has 0 radical (unpaired) electrons. The second-order valence-corrected chi connectivity index (χ2v) is 5.45. The fourth-order valence-corrected chi connectivity index (χ4v) is 2.41. The van der Waals surface area contributed by atoms with Gasteiger partial charge in [-0.15, -0.1) is 0 Å². The number of amides is 1. The Morgan fingerprint density at radius 3 is 2.54 bits per heavy atom. The summed E-state index contributed by atoms with van der Waals surface area (Å²) < 4.78 is 32.2. The van der Waals surface area contributed by atoms with Gasteiger partial charge in [-0.3, -0.25) is 4.79 Å². The van der Waals surface area contributed by atoms with Crippen molar-refractivity contribution >= 4 is 11.6 Å². The number of quaternary nitrogens is 1. The highest BCUT2D eigenvalue weighted by atomic mass is 19.1. The summed E-state index contributed by atoms with van der Waals surface area (Å²) >= 11 is 0. The molecule has 6 heteroatoms. The van der Waals surface area contributed by atoms with Crippen molar-refractivity contribution in [3.05, 3.63) is 59.7 Å². The van der Waals surface area contributed by atoms with E-state index in [1.807, 2.05) is 6.92 Å². The number of rotatable bonds is 7. The fraction of sp³-hybridized carbons (Fsp3) is 0.278. The van der Waals surface area contributed by atoms with Crippen LogP contribution in [0, 0.1) is 11.6 Å². The van der Waals surface area contributed by atoms with Crippen molar-refractivity contribution in [3.8, 4) is 5.75 Å². The second kappa shape index (κ2) is 8.40. The van der Waals surface area contributed by atoms with E-state index >= 15 is 0 Å². The molecule has 0 aliphatic carbocycles. The molecule has 1 atom stereocenters. The standard InChI is InChI=1S/C18H20F2N2O2/c1-3-22(11-13-8-9-17(24-2)15(20)10-13)12-18(23)21-16-7-5-4-6-14(16)19/h4-10H,3,11-12H2,1-2H3,(H,21,23)/p+1. The zero-order chi connectivity index (χ0) is 17.5. The molecule has 0 aromatic heterocycles. The Hall–Kier alpha value is -2.47. The van der Waals surface area contributed by atoms with Crippen LogP contribution < -0.4 is 15.0 Å². The van der Waals surface area contributed by atoms with Crippen LogP contribution >= 0.6 is 0 Å². The molecule has 0 fully saturated rings. The molecule has 128 valence electrons. The summed E-state index contributed by atoms with van der Waals surface area (Å²) in [6.07, 6.45) is 0. The monoisotopic (exact) mass is 335 g/mol. The number of ether oxygens (including phenoxy) is 1. The summed E-state index contributed by atoms with van der Waals surface area (Å²) in [7, 11) is 1.41. The highest BCUT2D eigenvalue weighted by Gasteiger charge is 2.15. The van der Waals surface area contributed by atoms with E-state index in [0.717, 1.165) is 10.5 Å². The van der Waals surface area contributed by atoms with Gasteiger partial charge in [-0.05, 0) is 37.3 Å². The molecular formula is C18H21F2N2O2+. The zero-order valence-electron chi connectivity index (χ0n) is 13.7. The third-order valence-corrected chi connectivity index (χ3v) is 3.73. The lowest BCUT2D eigenvalue weighted by atomic mass is 10.2. The number of likely N-dealkylation sites (N-methyl/N-ethyl adjacent to an activating group) is 1. The van der Waals surface area contributed by atoms with Crippen LogP contribution in [0.5, 0.6) is 5.75 Å². The van der Waals surface area contributed by atoms with Crippen molar-refractivity contribution in [2.24, 2.45) is 0 Å². The maximum atomic E-state index is 13.7. The van der Waals surface area contributed by atoms with Gasteiger partial charge in [-0.25, -0.2) is 8.78 Å². The Bertz CT molecular complexity index is 707. The number of carbonyl (C=O) groups excluding carboxylic acids is 1. The van der Waals surface area contributed by atoms with Gasteiger partial charge in [-0.1, -0.05) is 12.1 Å². The van der Waals surface area contributed by atoms with Crippen LogP contribution in [0.25, 0.3) is 0 Å². The first-order chi connectivity index (χ1) is 11.5. The van der Waals surface area contributed by atoms with E-state index in [4.69, 9.17) is 4.74 Å². The van der Waals surface area contributed by atoms with Gasteiger partial charge >= 0.3 is 0 Å². The van der Waals surface area contributed by atoms with Gasteiger partial charge in [0.1, 0.15) is 12.4 Å². The minimum absolute atomic E-state index is 0.161. The molecule has 0 saturated carbocycles. The van der Waals surface area contributed by atoms with Gasteiger partial charge in [0.2, 0.25) is 0 Å². The molecule has 2 aromatic carbocycles. The minimum atomic E-state index is -0.471. The summed E-state index contributed by atoms with van der Waals surface area (Å²) in [6, 6.07) is 10.8. The Morgan fingerprint density at radius 2 is 1.92 bits per heavy atom. The molecule has 4 nitrogen and oxygen atoms in total. The number of para-hydroxylation sites is 1. The molecule has 0 saturated heterocycles. The quantitative estimate of drug-likeness (QED) is 0.813. The molecule has 0 heterocycles. The average molecular weight is 335 g/mol. The number of hydrogen-bond donors (Lipinski definition) is 2. The van der Waals surface area contributed by atoms with E-state index in [0.29, 0.717) is 13.1 Å². The number of nitrogens with one attached hydrogen (secondary N) is 2. The highest BCUT2D eigenvalue weighted by Crippen LogP contribution is 2.17. The molecular weight excluding hydrogens is 314 g/mol. The topological polar surface area (TPSA) is 42.8 Å². The predicted octanol–water partition coefficient (Wildman–Crippen LogP) is 2.02. The van der Waals surface area contributed by atoms with Crippen LogP contribution in [-0.4, -0.2) is 26.1 Å². The van der Waals surface area contributed by atoms with E-state index in [-0.39, 0.29) is 23.9 Å². The molecule has 0 spiro atoms. The van der Waals surface area contributed by atoms with E-state index in [9.17, 15) is 13.6 Å². The van der Waals surface area contributed by atoms with Crippen LogP contribution in [0.3, 0.4) is 0 Å². The molecule has 2 rings (SSSR count). The van der Waals surface area contributed by atoms with Crippen molar-refractivity contribution in [1.29, 1.82) is 0 Å². The number of hydrogen-bond acceptors (Lipinski definition) is 2. The minimum Gasteiger partial charge on any atom is -0.494 e. The van der Waals surface area contributed by atoms with Crippen molar-refractivity contribution in [2.75, 3.05) is 25.5 Å². The van der Waals surface area contributed by atoms with E-state index in [1.54, 1.807) is 24.3 Å². The largest absolute Gasteiger partial charge is 0.494 e. The van der Waals surface area contributed by atoms with Gasteiger partial charge < -0.3 is 15.0 Å². The lowest BCUT2D eigenvalue weighted by molar-refractivity contribution is -0.903. The van der Waals surface area contributed by atoms with Crippen LogP contribution in [0.2, 0.25) is 0 Å². The maximum Gasteiger partial charge on any atom is 0.279 e. The van der Waals surface area contributed by atoms with Crippen LogP contribution in [0.15, 0.2) is 42.5 Å². The smallest absolute Gasteiger partial charge is 0.279 e. The van der Waals surface area contributed by atoms with Crippen molar-refractivity contribution in [1.82, 2.24) is 0 Å². The maximum absolute atomic E-state index is 13.7. The Balaban J connectivity index is 1.97. The average Bonchev–Trinajstić information content (AvgIpc) is 2.56. The van der Waals surface area contributed by atoms with E-state index in [2.05, 4.69) is 5.32 Å². The second-order valence-electron chi connectivity index (χ2n) is 5.45. The molecule has 1 unspecified atom stereocenters. The van der Waals surface area contributed by atoms with Crippen molar-refractivity contribution in [2.45, 2.75) is 13.5 Å². The van der Waals surface area contributed by atoms with E-state index < -0.39 is 11.6 Å². The van der Waals surface area contributed by atoms with Crippen LogP contribution in [0.1, 0.15) is 12.5 Å². The lowest BCUT2D eigenvalue weighted by Crippen LogP contribution is -3.11. The SMILES string of the molecule is CC[NH+](CC(=O)Nc1ccccc1F)Cc1ccc(OC)c(F)c1. The van der Waals surface area contributed by atoms with Gasteiger partial charge in [0.05, 0.1) is 19.3 Å². The third kappa shape index (κ3) is 4.76.